The summed E-state index contributed by atoms with van der Waals surface area (Å²) in [4.78, 5) is 12.2. The molecule has 0 unspecified atom stereocenters. The highest BCUT2D eigenvalue weighted by Gasteiger charge is 2.50. The first kappa shape index (κ1) is 14.8. The van der Waals surface area contributed by atoms with Crippen molar-refractivity contribution in [1.82, 2.24) is 0 Å². The van der Waals surface area contributed by atoms with E-state index in [2.05, 4.69) is 5.32 Å². The zero-order chi connectivity index (χ0) is 15.1. The van der Waals surface area contributed by atoms with Gasteiger partial charge in [0.15, 0.2) is 17.5 Å². The molecule has 1 aromatic carbocycles. The zero-order valence-corrected chi connectivity index (χ0v) is 11.5. The van der Waals surface area contributed by atoms with Crippen molar-refractivity contribution in [3.8, 4) is 0 Å². The Labute approximate surface area is 119 Å². The van der Waals surface area contributed by atoms with Crippen LogP contribution in [0.25, 0.3) is 0 Å². The lowest BCUT2D eigenvalue weighted by atomic mass is 9.62. The van der Waals surface area contributed by atoms with E-state index in [-0.39, 0.29) is 10.7 Å². The average molecular weight is 302 g/mol. The van der Waals surface area contributed by atoms with Gasteiger partial charge in [-0.05, 0) is 18.8 Å². The topological polar surface area (TPSA) is 55.1 Å². The minimum Gasteiger partial charge on any atom is -0.392 e. The molecular formula is C13H13F3N2OS. The standard InChI is InChI=1S/C13H13F3N2OS/c1-6-4-13(5-6,11(17)20)12(19)18-7-2-8(14)10(16)9(15)3-7/h2-3,6H,4-5H2,1H3,(H2,17,20)(H,18,19). The molecule has 20 heavy (non-hydrogen) atoms. The summed E-state index contributed by atoms with van der Waals surface area (Å²) in [6, 6.07) is 1.43. The lowest BCUT2D eigenvalue weighted by Gasteiger charge is -2.44. The first-order valence-electron chi connectivity index (χ1n) is 6.02. The van der Waals surface area contributed by atoms with E-state index in [1.807, 2.05) is 6.92 Å². The van der Waals surface area contributed by atoms with Gasteiger partial charge in [0.2, 0.25) is 5.91 Å². The zero-order valence-electron chi connectivity index (χ0n) is 10.7. The summed E-state index contributed by atoms with van der Waals surface area (Å²) in [6.07, 6.45) is 0.973. The molecule has 7 heteroatoms. The molecular weight excluding hydrogens is 289 g/mol. The molecule has 0 radical (unpaired) electrons. The Morgan fingerprint density at radius 3 is 2.25 bits per heavy atom. The first-order valence-corrected chi connectivity index (χ1v) is 6.43. The molecule has 0 atom stereocenters. The lowest BCUT2D eigenvalue weighted by Crippen LogP contribution is -2.53. The number of rotatable bonds is 3. The molecule has 3 N–H and O–H groups in total. The summed E-state index contributed by atoms with van der Waals surface area (Å²) < 4.78 is 39.0. The summed E-state index contributed by atoms with van der Waals surface area (Å²) in [7, 11) is 0. The fourth-order valence-electron chi connectivity index (χ4n) is 2.51. The van der Waals surface area contributed by atoms with E-state index in [0.29, 0.717) is 30.9 Å². The predicted molar refractivity (Wildman–Crippen MR) is 72.6 cm³/mol. The van der Waals surface area contributed by atoms with E-state index in [1.54, 1.807) is 0 Å². The molecule has 108 valence electrons. The van der Waals surface area contributed by atoms with Gasteiger partial charge >= 0.3 is 0 Å². The molecule has 0 bridgehead atoms. The van der Waals surface area contributed by atoms with Crippen molar-refractivity contribution in [3.05, 3.63) is 29.6 Å². The van der Waals surface area contributed by atoms with Crippen LogP contribution in [0.1, 0.15) is 19.8 Å². The van der Waals surface area contributed by atoms with Crippen LogP contribution in [0.15, 0.2) is 12.1 Å². The van der Waals surface area contributed by atoms with Crippen LogP contribution >= 0.6 is 12.2 Å². The van der Waals surface area contributed by atoms with Gasteiger partial charge in [0.25, 0.3) is 0 Å². The van der Waals surface area contributed by atoms with Gasteiger partial charge in [0.05, 0.1) is 10.4 Å². The summed E-state index contributed by atoms with van der Waals surface area (Å²) in [5.74, 6) is -4.54. The van der Waals surface area contributed by atoms with Crippen molar-refractivity contribution >= 4 is 28.8 Å². The molecule has 1 saturated carbocycles. The van der Waals surface area contributed by atoms with Gasteiger partial charge in [0.1, 0.15) is 0 Å². The van der Waals surface area contributed by atoms with E-state index in [9.17, 15) is 18.0 Å². The quantitative estimate of drug-likeness (QED) is 0.667. The number of amides is 1. The molecule has 0 spiro atoms. The lowest BCUT2D eigenvalue weighted by molar-refractivity contribution is -0.127. The van der Waals surface area contributed by atoms with Crippen LogP contribution < -0.4 is 11.1 Å². The third-order valence-electron chi connectivity index (χ3n) is 3.54. The Balaban J connectivity index is 2.22. The third kappa shape index (κ3) is 2.37. The Bertz CT molecular complexity index is 562. The predicted octanol–water partition coefficient (Wildman–Crippen LogP) is 2.74. The SMILES string of the molecule is CC1CC(C(=O)Nc2cc(F)c(F)c(F)c2)(C(N)=S)C1. The number of carbonyl (C=O) groups excluding carboxylic acids is 1. The van der Waals surface area contributed by atoms with Gasteiger partial charge in [-0.3, -0.25) is 4.79 Å². The number of halogens is 3. The molecule has 0 aliphatic heterocycles. The van der Waals surface area contributed by atoms with E-state index in [1.165, 1.54) is 0 Å². The van der Waals surface area contributed by atoms with Crippen molar-refractivity contribution in [1.29, 1.82) is 0 Å². The van der Waals surface area contributed by atoms with Crippen molar-refractivity contribution in [2.45, 2.75) is 19.8 Å². The van der Waals surface area contributed by atoms with E-state index in [0.717, 1.165) is 0 Å². The first-order chi connectivity index (χ1) is 9.26. The highest BCUT2D eigenvalue weighted by molar-refractivity contribution is 7.80. The fraction of sp³-hybridized carbons (Fsp3) is 0.385. The highest BCUT2D eigenvalue weighted by Crippen LogP contribution is 2.46. The highest BCUT2D eigenvalue weighted by atomic mass is 32.1. The van der Waals surface area contributed by atoms with Gasteiger partial charge in [-0.15, -0.1) is 0 Å². The number of anilines is 1. The van der Waals surface area contributed by atoms with Gasteiger partial charge < -0.3 is 11.1 Å². The smallest absolute Gasteiger partial charge is 0.237 e. The number of thiocarbonyl (C=S) groups is 1. The number of nitrogens with one attached hydrogen (secondary N) is 1. The van der Waals surface area contributed by atoms with Crippen molar-refractivity contribution in [2.75, 3.05) is 5.32 Å². The summed E-state index contributed by atoms with van der Waals surface area (Å²) in [6.45, 7) is 1.95. The maximum absolute atomic E-state index is 13.1. The number of benzene rings is 1. The van der Waals surface area contributed by atoms with Crippen LogP contribution in [0.5, 0.6) is 0 Å². The Hall–Kier alpha value is -1.63. The Morgan fingerprint density at radius 2 is 1.85 bits per heavy atom. The van der Waals surface area contributed by atoms with E-state index >= 15 is 0 Å². The molecule has 1 amide bonds. The Morgan fingerprint density at radius 1 is 1.35 bits per heavy atom. The minimum absolute atomic E-state index is 0.0520. The summed E-state index contributed by atoms with van der Waals surface area (Å²) in [5.41, 5.74) is 4.44. The average Bonchev–Trinajstić information content (AvgIpc) is 2.31. The van der Waals surface area contributed by atoms with Gasteiger partial charge in [-0.2, -0.15) is 0 Å². The van der Waals surface area contributed by atoms with Crippen LogP contribution in [0.4, 0.5) is 18.9 Å². The molecule has 3 nitrogen and oxygen atoms in total. The van der Waals surface area contributed by atoms with Crippen LogP contribution in [0.2, 0.25) is 0 Å². The fourth-order valence-corrected chi connectivity index (χ4v) is 2.77. The van der Waals surface area contributed by atoms with E-state index < -0.39 is 28.8 Å². The minimum atomic E-state index is -1.58. The van der Waals surface area contributed by atoms with Crippen LogP contribution in [0.3, 0.4) is 0 Å². The van der Waals surface area contributed by atoms with Crippen LogP contribution in [0, 0.1) is 28.8 Å². The largest absolute Gasteiger partial charge is 0.392 e. The number of carbonyl (C=O) groups is 1. The second-order valence-corrected chi connectivity index (χ2v) is 5.61. The monoisotopic (exact) mass is 302 g/mol. The molecule has 2 rings (SSSR count). The van der Waals surface area contributed by atoms with Crippen molar-refractivity contribution < 1.29 is 18.0 Å². The van der Waals surface area contributed by atoms with Crippen LogP contribution in [-0.2, 0) is 4.79 Å². The maximum atomic E-state index is 13.1. The molecule has 1 aliphatic carbocycles. The van der Waals surface area contributed by atoms with E-state index in [4.69, 9.17) is 18.0 Å². The third-order valence-corrected chi connectivity index (χ3v) is 3.93. The number of hydrogen-bond acceptors (Lipinski definition) is 2. The molecule has 0 aromatic heterocycles. The van der Waals surface area contributed by atoms with Crippen molar-refractivity contribution in [2.24, 2.45) is 17.1 Å². The maximum Gasteiger partial charge on any atom is 0.237 e. The molecule has 1 aliphatic rings. The second-order valence-electron chi connectivity index (χ2n) is 5.17. The summed E-state index contributed by atoms with van der Waals surface area (Å²) in [5, 5.41) is 2.34. The second kappa shape index (κ2) is 5.05. The van der Waals surface area contributed by atoms with Gasteiger partial charge in [0, 0.05) is 17.8 Å². The number of nitrogens with two attached hydrogens (primary N) is 1. The molecule has 1 aromatic rings. The summed E-state index contributed by atoms with van der Waals surface area (Å²) >= 11 is 4.91. The van der Waals surface area contributed by atoms with Crippen molar-refractivity contribution in [3.63, 3.8) is 0 Å². The molecule has 0 heterocycles. The Kier molecular flexibility index (Phi) is 3.73. The normalized spacial score (nSPS) is 24.9. The molecule has 1 fully saturated rings. The van der Waals surface area contributed by atoms with Gasteiger partial charge in [-0.1, -0.05) is 19.1 Å². The van der Waals surface area contributed by atoms with Crippen LogP contribution in [-0.4, -0.2) is 10.9 Å². The van der Waals surface area contributed by atoms with Gasteiger partial charge in [-0.25, -0.2) is 13.2 Å². The molecule has 0 saturated heterocycles. The number of hydrogen-bond donors (Lipinski definition) is 2.